The van der Waals surface area contributed by atoms with Crippen molar-refractivity contribution in [2.24, 2.45) is 0 Å². The van der Waals surface area contributed by atoms with E-state index in [4.69, 9.17) is 16.3 Å². The first-order chi connectivity index (χ1) is 16.0. The molecule has 1 saturated heterocycles. The van der Waals surface area contributed by atoms with E-state index in [-0.39, 0.29) is 17.2 Å². The molecule has 0 bridgehead atoms. The molecule has 1 fully saturated rings. The zero-order valence-electron chi connectivity index (χ0n) is 17.6. The van der Waals surface area contributed by atoms with E-state index in [9.17, 15) is 4.79 Å². The molecule has 2 aromatic heterocycles. The third kappa shape index (κ3) is 4.58. The number of thioether (sulfide) groups is 1. The predicted octanol–water partition coefficient (Wildman–Crippen LogP) is 4.57. The van der Waals surface area contributed by atoms with Crippen molar-refractivity contribution in [1.82, 2.24) is 25.3 Å². The third-order valence-corrected chi connectivity index (χ3v) is 7.43. The lowest BCUT2D eigenvalue weighted by molar-refractivity contribution is 0.0981. The number of hydrogen-bond donors (Lipinski definition) is 3. The maximum atomic E-state index is 12.9. The van der Waals surface area contributed by atoms with Gasteiger partial charge in [-0.1, -0.05) is 27.5 Å². The first-order valence-electron chi connectivity index (χ1n) is 10.3. The Kier molecular flexibility index (Phi) is 6.53. The van der Waals surface area contributed by atoms with Crippen LogP contribution in [0, 0.1) is 0 Å². The van der Waals surface area contributed by atoms with Gasteiger partial charge >= 0.3 is 0 Å². The Bertz CT molecular complexity index is 1340. The number of aromatic amines is 1. The van der Waals surface area contributed by atoms with Crippen LogP contribution in [0.3, 0.4) is 0 Å². The average molecular weight is 548 g/mol. The predicted molar refractivity (Wildman–Crippen MR) is 135 cm³/mol. The fraction of sp³-hybridized carbons (Fsp3) is 0.273. The van der Waals surface area contributed by atoms with Crippen LogP contribution in [0.2, 0.25) is 5.02 Å². The van der Waals surface area contributed by atoms with Crippen molar-refractivity contribution in [2.75, 3.05) is 31.3 Å². The largest absolute Gasteiger partial charge is 0.382 e. The van der Waals surface area contributed by atoms with E-state index in [2.05, 4.69) is 46.5 Å². The number of halogens is 2. The van der Waals surface area contributed by atoms with E-state index in [1.54, 1.807) is 18.9 Å². The molecule has 2 unspecified atom stereocenters. The Morgan fingerprint density at radius 2 is 2.21 bits per heavy atom. The highest BCUT2D eigenvalue weighted by Crippen LogP contribution is 2.31. The molecule has 0 radical (unpaired) electrons. The van der Waals surface area contributed by atoms with E-state index in [0.717, 1.165) is 28.7 Å². The second-order valence-electron chi connectivity index (χ2n) is 7.58. The molecule has 2 atom stereocenters. The molecule has 0 amide bonds. The fourth-order valence-corrected chi connectivity index (χ4v) is 5.49. The molecule has 11 heteroatoms. The van der Waals surface area contributed by atoms with Gasteiger partial charge < -0.3 is 15.0 Å². The topological polar surface area (TPSA) is 105 Å². The monoisotopic (exact) mass is 546 g/mol. The van der Waals surface area contributed by atoms with Crippen molar-refractivity contribution in [2.45, 2.75) is 11.4 Å². The van der Waals surface area contributed by atoms with Crippen LogP contribution in [-0.2, 0) is 4.74 Å². The van der Waals surface area contributed by atoms with Crippen molar-refractivity contribution in [3.8, 4) is 0 Å². The highest BCUT2D eigenvalue weighted by molar-refractivity contribution is 9.10. The summed E-state index contributed by atoms with van der Waals surface area (Å²) in [5.74, 6) is 2.29. The Hall–Kier alpha value is -2.24. The number of fused-ring (bicyclic) bond motifs is 2. The molecular formula is C22H20BrClN6O2S. The van der Waals surface area contributed by atoms with Gasteiger partial charge in [0.05, 0.1) is 23.2 Å². The summed E-state index contributed by atoms with van der Waals surface area (Å²) in [5.41, 5.74) is 2.93. The lowest BCUT2D eigenvalue weighted by Gasteiger charge is -2.18. The van der Waals surface area contributed by atoms with Crippen molar-refractivity contribution in [3.05, 3.63) is 57.5 Å². The summed E-state index contributed by atoms with van der Waals surface area (Å²) in [5, 5.41) is 7.83. The van der Waals surface area contributed by atoms with Gasteiger partial charge in [0.2, 0.25) is 0 Å². The molecule has 0 aliphatic carbocycles. The van der Waals surface area contributed by atoms with Crippen molar-refractivity contribution in [3.63, 3.8) is 0 Å². The van der Waals surface area contributed by atoms with Gasteiger partial charge in [0.1, 0.15) is 29.4 Å². The first-order valence-corrected chi connectivity index (χ1v) is 12.5. The molecule has 170 valence electrons. The van der Waals surface area contributed by atoms with Gasteiger partial charge in [-0.25, -0.2) is 15.0 Å². The van der Waals surface area contributed by atoms with E-state index >= 15 is 0 Å². The summed E-state index contributed by atoms with van der Waals surface area (Å²) in [6, 6.07) is 8.92. The maximum Gasteiger partial charge on any atom is 0.191 e. The number of carbonyl (C=O) groups is 1. The van der Waals surface area contributed by atoms with E-state index in [1.165, 1.54) is 6.33 Å². The van der Waals surface area contributed by atoms with Crippen LogP contribution in [0.25, 0.3) is 21.9 Å². The fourth-order valence-electron chi connectivity index (χ4n) is 3.80. The number of H-pyrrole nitrogens is 1. The number of aromatic nitrogens is 4. The number of imidazole rings is 1. The SMILES string of the molecule is COCC(Nc1ncnc2cc(C(=O)C3NCCS3)c(Br)cc12)c1nc2cc(Cl)ccc2[nH]1. The zero-order chi connectivity index (χ0) is 22.9. The van der Waals surface area contributed by atoms with Gasteiger partial charge in [0.15, 0.2) is 5.78 Å². The van der Waals surface area contributed by atoms with Crippen molar-refractivity contribution >= 4 is 72.8 Å². The number of anilines is 1. The Morgan fingerprint density at radius 3 is 3.00 bits per heavy atom. The third-order valence-electron chi connectivity index (χ3n) is 5.38. The average Bonchev–Trinajstić information content (AvgIpc) is 3.48. The molecule has 2 aromatic carbocycles. The maximum absolute atomic E-state index is 12.9. The molecule has 1 aliphatic heterocycles. The summed E-state index contributed by atoms with van der Waals surface area (Å²) in [4.78, 5) is 29.8. The van der Waals surface area contributed by atoms with E-state index < -0.39 is 0 Å². The van der Waals surface area contributed by atoms with Gasteiger partial charge in [-0.2, -0.15) is 0 Å². The first kappa shape index (κ1) is 22.5. The number of ketones is 1. The summed E-state index contributed by atoms with van der Waals surface area (Å²) >= 11 is 11.3. The van der Waals surface area contributed by atoms with Crippen molar-refractivity contribution in [1.29, 1.82) is 0 Å². The number of hydrogen-bond acceptors (Lipinski definition) is 8. The summed E-state index contributed by atoms with van der Waals surface area (Å²) in [6.45, 7) is 1.19. The van der Waals surface area contributed by atoms with Crippen LogP contribution in [0.15, 0.2) is 41.1 Å². The highest BCUT2D eigenvalue weighted by atomic mass is 79.9. The lowest BCUT2D eigenvalue weighted by Crippen LogP contribution is -2.29. The standard InChI is InChI=1S/C22H20BrClN6O2S/c1-32-9-18(21-28-15-3-2-11(24)6-17(15)29-21)30-20-13-7-14(23)12(8-16(13)26-10-27-20)19(31)22-25-4-5-33-22/h2-3,6-8,10,18,22,25H,4-5,9H2,1H3,(H,28,29)(H,26,27,30). The van der Waals surface area contributed by atoms with E-state index in [0.29, 0.717) is 38.8 Å². The smallest absolute Gasteiger partial charge is 0.191 e. The van der Waals surface area contributed by atoms with Crippen LogP contribution < -0.4 is 10.6 Å². The van der Waals surface area contributed by atoms with Crippen molar-refractivity contribution < 1.29 is 9.53 Å². The van der Waals surface area contributed by atoms with Gasteiger partial charge in [0.25, 0.3) is 0 Å². The minimum atomic E-state index is -0.293. The minimum Gasteiger partial charge on any atom is -0.382 e. The molecule has 8 nitrogen and oxygen atoms in total. The number of carbonyl (C=O) groups excluding carboxylic acids is 1. The number of ether oxygens (including phenoxy) is 1. The van der Waals surface area contributed by atoms with Crippen LogP contribution >= 0.6 is 39.3 Å². The zero-order valence-corrected chi connectivity index (χ0v) is 20.7. The van der Waals surface area contributed by atoms with E-state index in [1.807, 2.05) is 30.3 Å². The second kappa shape index (κ2) is 9.55. The number of Topliss-reactive ketones (excluding diaryl/α,β-unsaturated/α-hetero) is 1. The molecule has 0 saturated carbocycles. The van der Waals surface area contributed by atoms with Gasteiger partial charge in [0, 0.05) is 39.9 Å². The molecule has 3 N–H and O–H groups in total. The Balaban J connectivity index is 1.49. The van der Waals surface area contributed by atoms with Gasteiger partial charge in [-0.15, -0.1) is 11.8 Å². The normalized spacial score (nSPS) is 17.0. The number of nitrogens with zero attached hydrogens (tertiary/aromatic N) is 3. The second-order valence-corrected chi connectivity index (χ2v) is 10.1. The number of nitrogens with one attached hydrogen (secondary N) is 3. The molecule has 3 heterocycles. The molecule has 4 aromatic rings. The summed E-state index contributed by atoms with van der Waals surface area (Å²) < 4.78 is 6.14. The minimum absolute atomic E-state index is 0.0394. The summed E-state index contributed by atoms with van der Waals surface area (Å²) in [7, 11) is 1.63. The molecular weight excluding hydrogens is 528 g/mol. The van der Waals surface area contributed by atoms with Crippen LogP contribution in [-0.4, -0.2) is 57.1 Å². The Labute approximate surface area is 207 Å². The van der Waals surface area contributed by atoms with Crippen LogP contribution in [0.1, 0.15) is 22.2 Å². The number of methoxy groups -OCH3 is 1. The molecule has 0 spiro atoms. The number of benzene rings is 2. The number of rotatable bonds is 7. The van der Waals surface area contributed by atoms with Gasteiger partial charge in [-0.3, -0.25) is 10.1 Å². The van der Waals surface area contributed by atoms with Gasteiger partial charge in [-0.05, 0) is 30.3 Å². The molecule has 33 heavy (non-hydrogen) atoms. The quantitative estimate of drug-likeness (QED) is 0.289. The Morgan fingerprint density at radius 1 is 1.33 bits per heavy atom. The lowest BCUT2D eigenvalue weighted by atomic mass is 10.1. The molecule has 1 aliphatic rings. The highest BCUT2D eigenvalue weighted by Gasteiger charge is 2.26. The van der Waals surface area contributed by atoms with Crippen LogP contribution in [0.4, 0.5) is 5.82 Å². The summed E-state index contributed by atoms with van der Waals surface area (Å²) in [6.07, 6.45) is 1.48. The molecule has 5 rings (SSSR count). The van der Waals surface area contributed by atoms with Crippen LogP contribution in [0.5, 0.6) is 0 Å².